The van der Waals surface area contributed by atoms with Gasteiger partial charge in [-0.3, -0.25) is 4.79 Å². The van der Waals surface area contributed by atoms with Crippen LogP contribution in [0.2, 0.25) is 0 Å². The van der Waals surface area contributed by atoms with E-state index in [1.807, 2.05) is 13.8 Å². The molecule has 4 heteroatoms. The van der Waals surface area contributed by atoms with E-state index in [0.29, 0.717) is 19.6 Å². The lowest BCUT2D eigenvalue weighted by molar-refractivity contribution is -0.152. The average molecular weight is 246 g/mol. The summed E-state index contributed by atoms with van der Waals surface area (Å²) >= 11 is 0. The molecule has 0 aromatic carbocycles. The Balaban J connectivity index is 3.48. The fourth-order valence-electron chi connectivity index (χ4n) is 1.19. The molecule has 0 spiro atoms. The SMILES string of the molecule is CCCCOCC(C)OCC(C)OC(=O)CC. The summed E-state index contributed by atoms with van der Waals surface area (Å²) in [5, 5.41) is 0. The number of rotatable bonds is 10. The highest BCUT2D eigenvalue weighted by atomic mass is 16.6. The highest BCUT2D eigenvalue weighted by molar-refractivity contribution is 5.69. The van der Waals surface area contributed by atoms with Gasteiger partial charge in [0, 0.05) is 13.0 Å². The van der Waals surface area contributed by atoms with Crippen molar-refractivity contribution >= 4 is 5.97 Å². The van der Waals surface area contributed by atoms with Gasteiger partial charge in [-0.2, -0.15) is 0 Å². The second kappa shape index (κ2) is 10.5. The van der Waals surface area contributed by atoms with E-state index in [-0.39, 0.29) is 18.2 Å². The molecule has 0 aliphatic rings. The molecule has 0 aromatic heterocycles. The zero-order chi connectivity index (χ0) is 13.1. The zero-order valence-electron chi connectivity index (χ0n) is 11.5. The Morgan fingerprint density at radius 3 is 2.41 bits per heavy atom. The predicted octanol–water partition coefficient (Wildman–Crippen LogP) is 2.55. The topological polar surface area (TPSA) is 44.8 Å². The van der Waals surface area contributed by atoms with Gasteiger partial charge in [0.1, 0.15) is 6.10 Å². The summed E-state index contributed by atoms with van der Waals surface area (Å²) in [6.07, 6.45) is 2.46. The van der Waals surface area contributed by atoms with Crippen LogP contribution in [-0.4, -0.2) is 38.0 Å². The summed E-state index contributed by atoms with van der Waals surface area (Å²) in [5.41, 5.74) is 0. The number of unbranched alkanes of at least 4 members (excludes halogenated alkanes) is 1. The van der Waals surface area contributed by atoms with Crippen LogP contribution in [0.5, 0.6) is 0 Å². The maximum absolute atomic E-state index is 11.0. The van der Waals surface area contributed by atoms with Crippen LogP contribution in [-0.2, 0) is 19.0 Å². The van der Waals surface area contributed by atoms with E-state index in [0.717, 1.165) is 19.4 Å². The van der Waals surface area contributed by atoms with Crippen molar-refractivity contribution in [3.05, 3.63) is 0 Å². The van der Waals surface area contributed by atoms with E-state index in [4.69, 9.17) is 14.2 Å². The van der Waals surface area contributed by atoms with Gasteiger partial charge < -0.3 is 14.2 Å². The summed E-state index contributed by atoms with van der Waals surface area (Å²) in [4.78, 5) is 11.0. The lowest BCUT2D eigenvalue weighted by atomic mass is 10.3. The molecule has 0 amide bonds. The summed E-state index contributed by atoms with van der Waals surface area (Å²) in [6, 6.07) is 0. The maximum Gasteiger partial charge on any atom is 0.305 e. The fourth-order valence-corrected chi connectivity index (χ4v) is 1.19. The van der Waals surface area contributed by atoms with Crippen molar-refractivity contribution in [1.82, 2.24) is 0 Å². The molecule has 4 nitrogen and oxygen atoms in total. The Kier molecular flexibility index (Phi) is 10.2. The minimum Gasteiger partial charge on any atom is -0.460 e. The van der Waals surface area contributed by atoms with Gasteiger partial charge in [-0.05, 0) is 20.3 Å². The van der Waals surface area contributed by atoms with Crippen LogP contribution in [0.4, 0.5) is 0 Å². The number of ether oxygens (including phenoxy) is 3. The van der Waals surface area contributed by atoms with Crippen LogP contribution in [0.25, 0.3) is 0 Å². The van der Waals surface area contributed by atoms with Gasteiger partial charge in [-0.15, -0.1) is 0 Å². The monoisotopic (exact) mass is 246 g/mol. The largest absolute Gasteiger partial charge is 0.460 e. The number of hydrogen-bond donors (Lipinski definition) is 0. The van der Waals surface area contributed by atoms with Crippen molar-refractivity contribution in [1.29, 1.82) is 0 Å². The summed E-state index contributed by atoms with van der Waals surface area (Å²) < 4.78 is 16.1. The molecule has 2 atom stereocenters. The van der Waals surface area contributed by atoms with Crippen molar-refractivity contribution in [3.8, 4) is 0 Å². The molecule has 0 rings (SSSR count). The molecule has 0 saturated carbocycles. The van der Waals surface area contributed by atoms with Crippen molar-refractivity contribution in [2.75, 3.05) is 19.8 Å². The molecule has 102 valence electrons. The Labute approximate surface area is 105 Å². The van der Waals surface area contributed by atoms with E-state index in [1.165, 1.54) is 0 Å². The average Bonchev–Trinajstić information content (AvgIpc) is 2.32. The van der Waals surface area contributed by atoms with E-state index in [2.05, 4.69) is 6.92 Å². The quantitative estimate of drug-likeness (QED) is 0.439. The second-order valence-corrected chi connectivity index (χ2v) is 4.23. The molecule has 2 unspecified atom stereocenters. The van der Waals surface area contributed by atoms with Gasteiger partial charge in [0.25, 0.3) is 0 Å². The predicted molar refractivity (Wildman–Crippen MR) is 67.0 cm³/mol. The molecule has 0 aliphatic heterocycles. The Morgan fingerprint density at radius 2 is 1.82 bits per heavy atom. The Bertz CT molecular complexity index is 194. The molecule has 0 aliphatic carbocycles. The van der Waals surface area contributed by atoms with Gasteiger partial charge in [0.15, 0.2) is 0 Å². The molecular formula is C13H26O4. The summed E-state index contributed by atoms with van der Waals surface area (Å²) in [5.74, 6) is -0.187. The van der Waals surface area contributed by atoms with Crippen LogP contribution in [0.1, 0.15) is 47.0 Å². The lowest BCUT2D eigenvalue weighted by Crippen LogP contribution is -2.25. The third-order valence-corrected chi connectivity index (χ3v) is 2.23. The standard InChI is InChI=1S/C13H26O4/c1-5-7-8-15-9-11(3)16-10-12(4)17-13(14)6-2/h11-12H,5-10H2,1-4H3. The minimum atomic E-state index is -0.194. The Hall–Kier alpha value is -0.610. The number of carbonyl (C=O) groups is 1. The third kappa shape index (κ3) is 10.3. The van der Waals surface area contributed by atoms with Crippen LogP contribution >= 0.6 is 0 Å². The molecule has 0 saturated heterocycles. The first kappa shape index (κ1) is 16.4. The highest BCUT2D eigenvalue weighted by Gasteiger charge is 2.10. The molecule has 0 heterocycles. The number of carbonyl (C=O) groups excluding carboxylic acids is 1. The first-order valence-corrected chi connectivity index (χ1v) is 6.48. The van der Waals surface area contributed by atoms with Crippen LogP contribution in [0, 0.1) is 0 Å². The molecular weight excluding hydrogens is 220 g/mol. The second-order valence-electron chi connectivity index (χ2n) is 4.23. The van der Waals surface area contributed by atoms with Gasteiger partial charge in [-0.1, -0.05) is 20.3 Å². The van der Waals surface area contributed by atoms with E-state index in [1.54, 1.807) is 6.92 Å². The van der Waals surface area contributed by atoms with E-state index >= 15 is 0 Å². The van der Waals surface area contributed by atoms with E-state index in [9.17, 15) is 4.79 Å². The van der Waals surface area contributed by atoms with Crippen molar-refractivity contribution in [3.63, 3.8) is 0 Å². The maximum atomic E-state index is 11.0. The van der Waals surface area contributed by atoms with Crippen molar-refractivity contribution < 1.29 is 19.0 Å². The minimum absolute atomic E-state index is 0.0367. The highest BCUT2D eigenvalue weighted by Crippen LogP contribution is 2.00. The Morgan fingerprint density at radius 1 is 1.12 bits per heavy atom. The fraction of sp³-hybridized carbons (Fsp3) is 0.923. The van der Waals surface area contributed by atoms with Gasteiger partial charge >= 0.3 is 5.97 Å². The molecule has 0 N–H and O–H groups in total. The van der Waals surface area contributed by atoms with Gasteiger partial charge in [-0.25, -0.2) is 0 Å². The van der Waals surface area contributed by atoms with Gasteiger partial charge in [0.05, 0.1) is 19.3 Å². The first-order valence-electron chi connectivity index (χ1n) is 6.48. The molecule has 0 aromatic rings. The normalized spacial score (nSPS) is 14.4. The molecule has 17 heavy (non-hydrogen) atoms. The molecule has 0 fully saturated rings. The zero-order valence-corrected chi connectivity index (χ0v) is 11.5. The number of hydrogen-bond acceptors (Lipinski definition) is 4. The van der Waals surface area contributed by atoms with Crippen LogP contribution in [0.15, 0.2) is 0 Å². The molecule has 0 radical (unpaired) electrons. The van der Waals surface area contributed by atoms with E-state index < -0.39 is 0 Å². The smallest absolute Gasteiger partial charge is 0.305 e. The lowest BCUT2D eigenvalue weighted by Gasteiger charge is -2.17. The van der Waals surface area contributed by atoms with Crippen molar-refractivity contribution in [2.45, 2.75) is 59.2 Å². The number of esters is 1. The van der Waals surface area contributed by atoms with Crippen LogP contribution < -0.4 is 0 Å². The first-order chi connectivity index (χ1) is 8.10. The third-order valence-electron chi connectivity index (χ3n) is 2.23. The van der Waals surface area contributed by atoms with Crippen LogP contribution in [0.3, 0.4) is 0 Å². The van der Waals surface area contributed by atoms with Crippen molar-refractivity contribution in [2.24, 2.45) is 0 Å². The summed E-state index contributed by atoms with van der Waals surface area (Å²) in [7, 11) is 0. The molecule has 0 bridgehead atoms. The van der Waals surface area contributed by atoms with Gasteiger partial charge in [0.2, 0.25) is 0 Å². The summed E-state index contributed by atoms with van der Waals surface area (Å²) in [6.45, 7) is 9.49.